The minimum atomic E-state index is -0.0252. The minimum absolute atomic E-state index is 0.0252. The third-order valence-electron chi connectivity index (χ3n) is 5.11. The van der Waals surface area contributed by atoms with Crippen LogP contribution in [0.1, 0.15) is 38.3 Å². The van der Waals surface area contributed by atoms with Crippen LogP contribution in [0.15, 0.2) is 36.4 Å². The SMILES string of the molecule is CCOc1ccccc1[C@@H](CC)NC(=O)N1CC[C@@H](N2CC=CC2)C1. The molecule has 2 aliphatic rings. The molecule has 1 aromatic rings. The lowest BCUT2D eigenvalue weighted by molar-refractivity contribution is 0.195. The van der Waals surface area contributed by atoms with Crippen LogP contribution in [0.2, 0.25) is 0 Å². The van der Waals surface area contributed by atoms with Crippen LogP contribution in [0.4, 0.5) is 4.79 Å². The van der Waals surface area contributed by atoms with Crippen molar-refractivity contribution in [3.8, 4) is 5.75 Å². The average Bonchev–Trinajstić information content (AvgIpc) is 3.31. The second-order valence-corrected chi connectivity index (χ2v) is 6.69. The van der Waals surface area contributed by atoms with Crippen molar-refractivity contribution in [3.05, 3.63) is 42.0 Å². The fraction of sp³-hybridized carbons (Fsp3) is 0.550. The number of likely N-dealkylation sites (tertiary alicyclic amines) is 1. The number of urea groups is 1. The van der Waals surface area contributed by atoms with Crippen molar-refractivity contribution in [2.45, 2.75) is 38.8 Å². The zero-order valence-electron chi connectivity index (χ0n) is 15.3. The minimum Gasteiger partial charge on any atom is -0.494 e. The van der Waals surface area contributed by atoms with E-state index in [1.54, 1.807) is 0 Å². The number of carbonyl (C=O) groups excluding carboxylic acids is 1. The largest absolute Gasteiger partial charge is 0.494 e. The molecule has 1 fully saturated rings. The Morgan fingerprint density at radius 3 is 2.76 bits per heavy atom. The first-order valence-electron chi connectivity index (χ1n) is 9.39. The molecule has 0 saturated carbocycles. The van der Waals surface area contributed by atoms with Gasteiger partial charge >= 0.3 is 6.03 Å². The molecule has 0 bridgehead atoms. The summed E-state index contributed by atoms with van der Waals surface area (Å²) in [4.78, 5) is 17.2. The average molecular weight is 343 g/mol. The van der Waals surface area contributed by atoms with E-state index in [2.05, 4.69) is 29.3 Å². The number of nitrogens with zero attached hydrogens (tertiary/aromatic N) is 2. The number of carbonyl (C=O) groups is 1. The van der Waals surface area contributed by atoms with Gasteiger partial charge in [0, 0.05) is 37.8 Å². The molecular weight excluding hydrogens is 314 g/mol. The zero-order valence-corrected chi connectivity index (χ0v) is 15.3. The van der Waals surface area contributed by atoms with Gasteiger partial charge in [-0.2, -0.15) is 0 Å². The smallest absolute Gasteiger partial charge is 0.317 e. The number of hydrogen-bond acceptors (Lipinski definition) is 3. The lowest BCUT2D eigenvalue weighted by Crippen LogP contribution is -2.42. The van der Waals surface area contributed by atoms with Crippen molar-refractivity contribution in [2.24, 2.45) is 0 Å². The fourth-order valence-corrected chi connectivity index (χ4v) is 3.71. The molecule has 1 aromatic carbocycles. The second kappa shape index (κ2) is 8.39. The van der Waals surface area contributed by atoms with Gasteiger partial charge in [-0.3, -0.25) is 4.90 Å². The maximum Gasteiger partial charge on any atom is 0.317 e. The third kappa shape index (κ3) is 4.15. The number of benzene rings is 1. The molecule has 2 heterocycles. The highest BCUT2D eigenvalue weighted by Crippen LogP contribution is 2.28. The van der Waals surface area contributed by atoms with Gasteiger partial charge in [-0.15, -0.1) is 0 Å². The van der Waals surface area contributed by atoms with Crippen molar-refractivity contribution >= 4 is 6.03 Å². The second-order valence-electron chi connectivity index (χ2n) is 6.69. The highest BCUT2D eigenvalue weighted by Gasteiger charge is 2.31. The van der Waals surface area contributed by atoms with E-state index in [0.717, 1.165) is 50.3 Å². The van der Waals surface area contributed by atoms with Gasteiger partial charge < -0.3 is 15.0 Å². The number of para-hydroxylation sites is 1. The van der Waals surface area contributed by atoms with E-state index >= 15 is 0 Å². The van der Waals surface area contributed by atoms with Crippen molar-refractivity contribution in [1.29, 1.82) is 0 Å². The summed E-state index contributed by atoms with van der Waals surface area (Å²) in [5.74, 6) is 0.861. The van der Waals surface area contributed by atoms with E-state index in [4.69, 9.17) is 4.74 Å². The van der Waals surface area contributed by atoms with Gasteiger partial charge in [-0.1, -0.05) is 37.3 Å². The van der Waals surface area contributed by atoms with Crippen molar-refractivity contribution in [3.63, 3.8) is 0 Å². The molecule has 1 N–H and O–H groups in total. The molecule has 2 atom stereocenters. The summed E-state index contributed by atoms with van der Waals surface area (Å²) >= 11 is 0. The lowest BCUT2D eigenvalue weighted by Gasteiger charge is -2.26. The topological polar surface area (TPSA) is 44.8 Å². The Kier molecular flexibility index (Phi) is 5.97. The molecule has 3 rings (SSSR count). The van der Waals surface area contributed by atoms with Crippen LogP contribution in [0.5, 0.6) is 5.75 Å². The van der Waals surface area contributed by atoms with Gasteiger partial charge in [0.25, 0.3) is 0 Å². The number of hydrogen-bond donors (Lipinski definition) is 1. The van der Waals surface area contributed by atoms with Crippen molar-refractivity contribution < 1.29 is 9.53 Å². The number of ether oxygens (including phenoxy) is 1. The van der Waals surface area contributed by atoms with Crippen LogP contribution in [-0.2, 0) is 0 Å². The predicted molar refractivity (Wildman–Crippen MR) is 99.9 cm³/mol. The van der Waals surface area contributed by atoms with Gasteiger partial charge in [0.1, 0.15) is 5.75 Å². The van der Waals surface area contributed by atoms with Crippen molar-refractivity contribution in [2.75, 3.05) is 32.8 Å². The first kappa shape index (κ1) is 17.8. The van der Waals surface area contributed by atoms with E-state index in [-0.39, 0.29) is 12.1 Å². The summed E-state index contributed by atoms with van der Waals surface area (Å²) in [6.07, 6.45) is 6.31. The summed E-state index contributed by atoms with van der Waals surface area (Å²) < 4.78 is 5.73. The van der Waals surface area contributed by atoms with Crippen LogP contribution in [0, 0.1) is 0 Å². The molecule has 0 spiro atoms. The fourth-order valence-electron chi connectivity index (χ4n) is 3.71. The molecule has 2 aliphatic heterocycles. The quantitative estimate of drug-likeness (QED) is 0.807. The molecule has 2 amide bonds. The molecule has 0 aliphatic carbocycles. The Bertz CT molecular complexity index is 609. The zero-order chi connectivity index (χ0) is 17.6. The van der Waals surface area contributed by atoms with E-state index in [0.29, 0.717) is 12.6 Å². The van der Waals surface area contributed by atoms with Crippen LogP contribution < -0.4 is 10.1 Å². The molecule has 1 saturated heterocycles. The number of rotatable bonds is 6. The van der Waals surface area contributed by atoms with E-state index in [9.17, 15) is 4.79 Å². The van der Waals surface area contributed by atoms with Gasteiger partial charge in [0.2, 0.25) is 0 Å². The Morgan fingerprint density at radius 1 is 1.28 bits per heavy atom. The van der Waals surface area contributed by atoms with Gasteiger partial charge in [-0.25, -0.2) is 4.79 Å². The summed E-state index contributed by atoms with van der Waals surface area (Å²) in [6.45, 7) is 8.37. The first-order chi connectivity index (χ1) is 12.2. The number of nitrogens with one attached hydrogen (secondary N) is 1. The summed E-state index contributed by atoms with van der Waals surface area (Å²) in [5.41, 5.74) is 1.06. The summed E-state index contributed by atoms with van der Waals surface area (Å²) in [7, 11) is 0. The van der Waals surface area contributed by atoms with Crippen LogP contribution in [-0.4, -0.2) is 54.7 Å². The van der Waals surface area contributed by atoms with Gasteiger partial charge in [0.05, 0.1) is 12.6 Å². The Morgan fingerprint density at radius 2 is 2.04 bits per heavy atom. The molecule has 0 unspecified atom stereocenters. The Hall–Kier alpha value is -2.01. The van der Waals surface area contributed by atoms with Gasteiger partial charge in [0.15, 0.2) is 0 Å². The maximum absolute atomic E-state index is 12.8. The monoisotopic (exact) mass is 343 g/mol. The van der Waals surface area contributed by atoms with E-state index in [1.165, 1.54) is 0 Å². The molecular formula is C20H29N3O2. The molecule has 0 aromatic heterocycles. The van der Waals surface area contributed by atoms with Gasteiger partial charge in [-0.05, 0) is 25.8 Å². The van der Waals surface area contributed by atoms with Crippen LogP contribution >= 0.6 is 0 Å². The third-order valence-corrected chi connectivity index (χ3v) is 5.11. The van der Waals surface area contributed by atoms with E-state index in [1.807, 2.05) is 36.1 Å². The summed E-state index contributed by atoms with van der Waals surface area (Å²) in [6, 6.07) is 8.48. The van der Waals surface area contributed by atoms with Crippen LogP contribution in [0.25, 0.3) is 0 Å². The predicted octanol–water partition coefficient (Wildman–Crippen LogP) is 3.19. The molecule has 25 heavy (non-hydrogen) atoms. The van der Waals surface area contributed by atoms with Crippen molar-refractivity contribution in [1.82, 2.24) is 15.1 Å². The number of amides is 2. The summed E-state index contributed by atoms with van der Waals surface area (Å²) in [5, 5.41) is 3.21. The Balaban J connectivity index is 1.61. The molecule has 136 valence electrons. The van der Waals surface area contributed by atoms with Crippen LogP contribution in [0.3, 0.4) is 0 Å². The van der Waals surface area contributed by atoms with E-state index < -0.39 is 0 Å². The highest BCUT2D eigenvalue weighted by atomic mass is 16.5. The normalized spacial score (nSPS) is 21.5. The lowest BCUT2D eigenvalue weighted by atomic mass is 10.0. The molecule has 5 nitrogen and oxygen atoms in total. The maximum atomic E-state index is 12.8. The molecule has 5 heteroatoms. The highest BCUT2D eigenvalue weighted by molar-refractivity contribution is 5.75. The Labute approximate surface area is 150 Å². The standard InChI is InChI=1S/C20H29N3O2/c1-3-18(17-9-5-6-10-19(17)25-4-2)21-20(24)23-14-11-16(15-23)22-12-7-8-13-22/h5-10,16,18H,3-4,11-15H2,1-2H3,(H,21,24)/t16-,18-/m1/s1. The first-order valence-corrected chi connectivity index (χ1v) is 9.39. The molecule has 0 radical (unpaired) electrons.